The Morgan fingerprint density at radius 2 is 2.00 bits per heavy atom. The normalized spacial score (nSPS) is 10.9. The monoisotopic (exact) mass is 378 g/mol. The molecule has 0 amide bonds. The summed E-state index contributed by atoms with van der Waals surface area (Å²) in [5, 5.41) is 9.21. The lowest BCUT2D eigenvalue weighted by Gasteiger charge is -2.03. The Bertz CT molecular complexity index is 824. The summed E-state index contributed by atoms with van der Waals surface area (Å²) in [5.74, 6) is -0.269. The van der Waals surface area contributed by atoms with E-state index in [2.05, 4.69) is 32.6 Å². The third kappa shape index (κ3) is 2.07. The highest BCUT2D eigenvalue weighted by atomic mass is 127. The van der Waals surface area contributed by atoms with E-state index in [1.165, 1.54) is 5.56 Å². The van der Waals surface area contributed by atoms with Crippen LogP contribution in [0.3, 0.4) is 0 Å². The van der Waals surface area contributed by atoms with Crippen molar-refractivity contribution in [2.24, 2.45) is 0 Å². The van der Waals surface area contributed by atoms with E-state index in [0.29, 0.717) is 11.3 Å². The lowest BCUT2D eigenvalue weighted by molar-refractivity contribution is 0.0699. The molecule has 100 valence electrons. The maximum atomic E-state index is 11.2. The Morgan fingerprint density at radius 3 is 2.75 bits per heavy atom. The highest BCUT2D eigenvalue weighted by molar-refractivity contribution is 14.1. The quantitative estimate of drug-likeness (QED) is 0.666. The Hall–Kier alpha value is -1.89. The van der Waals surface area contributed by atoms with Crippen molar-refractivity contribution >= 4 is 39.6 Å². The van der Waals surface area contributed by atoms with Gasteiger partial charge in [-0.05, 0) is 47.2 Å². The zero-order valence-electron chi connectivity index (χ0n) is 10.6. The zero-order valence-corrected chi connectivity index (χ0v) is 12.8. The molecule has 2 N–H and O–H groups in total. The second-order valence-electron chi connectivity index (χ2n) is 4.53. The third-order valence-corrected chi connectivity index (χ3v) is 4.62. The molecule has 0 radical (unpaired) electrons. The molecule has 2 aromatic carbocycles. The van der Waals surface area contributed by atoms with Crippen LogP contribution in [0.25, 0.3) is 22.4 Å². The number of benzene rings is 2. The fraction of sp³-hybridized carbons (Fsp3) is 0.0667. The van der Waals surface area contributed by atoms with E-state index >= 15 is 0 Å². The number of halogens is 1. The van der Waals surface area contributed by atoms with Gasteiger partial charge in [0.05, 0.1) is 11.1 Å². The molecule has 0 saturated carbocycles. The minimum absolute atomic E-state index is 0.215. The van der Waals surface area contributed by atoms with Crippen molar-refractivity contribution < 1.29 is 9.90 Å². The number of aromatic amines is 1. The molecule has 20 heavy (non-hydrogen) atoms. The third-order valence-electron chi connectivity index (χ3n) is 3.19. The van der Waals surface area contributed by atoms with Gasteiger partial charge in [0.15, 0.2) is 0 Å². The van der Waals surface area contributed by atoms with Crippen LogP contribution >= 0.6 is 22.6 Å². The van der Waals surface area contributed by atoms with Crippen molar-refractivity contribution in [1.29, 1.82) is 0 Å². The number of imidazole rings is 1. The Kier molecular flexibility index (Phi) is 3.21. The zero-order chi connectivity index (χ0) is 14.3. The second-order valence-corrected chi connectivity index (χ2v) is 5.61. The molecule has 0 fully saturated rings. The Balaban J connectivity index is 2.26. The number of H-pyrrole nitrogens is 1. The molecule has 4 nitrogen and oxygen atoms in total. The molecule has 3 rings (SSSR count). The fourth-order valence-electron chi connectivity index (χ4n) is 2.16. The van der Waals surface area contributed by atoms with Crippen molar-refractivity contribution in [3.63, 3.8) is 0 Å². The van der Waals surface area contributed by atoms with Gasteiger partial charge in [0, 0.05) is 9.13 Å². The van der Waals surface area contributed by atoms with Gasteiger partial charge in [-0.3, -0.25) is 0 Å². The molecule has 0 aliphatic carbocycles. The van der Waals surface area contributed by atoms with Crippen LogP contribution in [0.5, 0.6) is 0 Å². The van der Waals surface area contributed by atoms with Crippen LogP contribution in [0.4, 0.5) is 0 Å². The van der Waals surface area contributed by atoms with Crippen LogP contribution in [0.1, 0.15) is 15.9 Å². The van der Waals surface area contributed by atoms with Crippen LogP contribution in [0.15, 0.2) is 36.4 Å². The average molecular weight is 378 g/mol. The summed E-state index contributed by atoms with van der Waals surface area (Å²) in [6.45, 7) is 2.04. The van der Waals surface area contributed by atoms with Crippen molar-refractivity contribution in [3.05, 3.63) is 51.1 Å². The first-order chi connectivity index (χ1) is 9.58. The minimum Gasteiger partial charge on any atom is -0.478 e. The number of aromatic carboxylic acids is 1. The summed E-state index contributed by atoms with van der Waals surface area (Å²) < 4.78 is 1.11. The number of hydrogen-bond donors (Lipinski definition) is 2. The molecule has 0 bridgehead atoms. The maximum absolute atomic E-state index is 11.2. The summed E-state index contributed by atoms with van der Waals surface area (Å²) in [4.78, 5) is 18.9. The van der Waals surface area contributed by atoms with Gasteiger partial charge < -0.3 is 10.1 Å². The fourth-order valence-corrected chi connectivity index (χ4v) is 2.78. The van der Waals surface area contributed by atoms with Gasteiger partial charge in [0.25, 0.3) is 0 Å². The molecule has 0 saturated heterocycles. The molecule has 0 aliphatic heterocycles. The number of aryl methyl sites for hydroxylation is 1. The van der Waals surface area contributed by atoms with Crippen molar-refractivity contribution in [3.8, 4) is 11.4 Å². The van der Waals surface area contributed by atoms with Gasteiger partial charge in [-0.2, -0.15) is 0 Å². The van der Waals surface area contributed by atoms with Gasteiger partial charge in [-0.1, -0.05) is 24.3 Å². The van der Waals surface area contributed by atoms with Crippen LogP contribution in [-0.4, -0.2) is 21.0 Å². The largest absolute Gasteiger partial charge is 0.478 e. The van der Waals surface area contributed by atoms with E-state index < -0.39 is 5.97 Å². The van der Waals surface area contributed by atoms with Crippen LogP contribution in [0, 0.1) is 10.5 Å². The van der Waals surface area contributed by atoms with Crippen LogP contribution in [0.2, 0.25) is 0 Å². The standard InChI is InChI=1S/C15H11IN2O2/c1-8-4-2-5-9(12(8)16)14-17-11-7-3-6-10(15(19)20)13(11)18-14/h2-7H,1H3,(H,17,18)(H,19,20). The number of nitrogens with one attached hydrogen (secondary N) is 1. The predicted octanol–water partition coefficient (Wildman–Crippen LogP) is 3.84. The Labute approximate surface area is 129 Å². The first kappa shape index (κ1) is 13.1. The summed E-state index contributed by atoms with van der Waals surface area (Å²) in [5.41, 5.74) is 3.59. The second kappa shape index (κ2) is 4.90. The molecule has 0 aliphatic rings. The predicted molar refractivity (Wildman–Crippen MR) is 85.9 cm³/mol. The highest BCUT2D eigenvalue weighted by Crippen LogP contribution is 2.28. The minimum atomic E-state index is -0.965. The number of carboxylic acids is 1. The first-order valence-electron chi connectivity index (χ1n) is 6.05. The number of fused-ring (bicyclic) bond motifs is 1. The van der Waals surface area contributed by atoms with Crippen LogP contribution in [-0.2, 0) is 0 Å². The number of carboxylic acid groups (broad SMARTS) is 1. The van der Waals surface area contributed by atoms with E-state index in [4.69, 9.17) is 0 Å². The van der Waals surface area contributed by atoms with Crippen LogP contribution < -0.4 is 0 Å². The molecule has 1 aromatic heterocycles. The first-order valence-corrected chi connectivity index (χ1v) is 7.13. The number of hydrogen-bond acceptors (Lipinski definition) is 2. The topological polar surface area (TPSA) is 66.0 Å². The molecule has 0 atom stereocenters. The molecule has 1 heterocycles. The average Bonchev–Trinajstić information content (AvgIpc) is 2.84. The summed E-state index contributed by atoms with van der Waals surface area (Å²) in [6.07, 6.45) is 0. The summed E-state index contributed by atoms with van der Waals surface area (Å²) in [6, 6.07) is 11.1. The molecule has 5 heteroatoms. The van der Waals surface area contributed by atoms with Gasteiger partial charge in [0.1, 0.15) is 11.3 Å². The number of carbonyl (C=O) groups is 1. The summed E-state index contributed by atoms with van der Waals surface area (Å²) >= 11 is 2.28. The Morgan fingerprint density at radius 1 is 1.25 bits per heavy atom. The van der Waals surface area contributed by atoms with Gasteiger partial charge in [-0.25, -0.2) is 9.78 Å². The number of nitrogens with zero attached hydrogens (tertiary/aromatic N) is 1. The SMILES string of the molecule is Cc1cccc(-c2nc3c(C(=O)O)cccc3[nH]2)c1I. The lowest BCUT2D eigenvalue weighted by atomic mass is 10.1. The molecule has 0 spiro atoms. The van der Waals surface area contributed by atoms with Gasteiger partial charge in [-0.15, -0.1) is 0 Å². The molecular formula is C15H11IN2O2. The maximum Gasteiger partial charge on any atom is 0.337 e. The van der Waals surface area contributed by atoms with Crippen molar-refractivity contribution in [1.82, 2.24) is 9.97 Å². The van der Waals surface area contributed by atoms with E-state index in [0.717, 1.165) is 14.7 Å². The molecule has 3 aromatic rings. The summed E-state index contributed by atoms with van der Waals surface area (Å²) in [7, 11) is 0. The van der Waals surface area contributed by atoms with Crippen molar-refractivity contribution in [2.45, 2.75) is 6.92 Å². The van der Waals surface area contributed by atoms with E-state index in [1.54, 1.807) is 12.1 Å². The van der Waals surface area contributed by atoms with Gasteiger partial charge >= 0.3 is 5.97 Å². The highest BCUT2D eigenvalue weighted by Gasteiger charge is 2.14. The van der Waals surface area contributed by atoms with E-state index in [-0.39, 0.29) is 5.56 Å². The number of para-hydroxylation sites is 1. The lowest BCUT2D eigenvalue weighted by Crippen LogP contribution is -1.96. The van der Waals surface area contributed by atoms with E-state index in [1.807, 2.05) is 31.2 Å². The molecular weight excluding hydrogens is 367 g/mol. The smallest absolute Gasteiger partial charge is 0.337 e. The van der Waals surface area contributed by atoms with Crippen molar-refractivity contribution in [2.75, 3.05) is 0 Å². The molecule has 0 unspecified atom stereocenters. The van der Waals surface area contributed by atoms with E-state index in [9.17, 15) is 9.90 Å². The number of rotatable bonds is 2. The van der Waals surface area contributed by atoms with Gasteiger partial charge in [0.2, 0.25) is 0 Å². The number of aromatic nitrogens is 2.